The van der Waals surface area contributed by atoms with Crippen LogP contribution >= 0.6 is 0 Å². The van der Waals surface area contributed by atoms with Crippen molar-refractivity contribution in [2.45, 2.75) is 0 Å². The molecule has 1 aliphatic heterocycles. The third kappa shape index (κ3) is 2.99. The van der Waals surface area contributed by atoms with E-state index < -0.39 is 23.3 Å². The van der Waals surface area contributed by atoms with Gasteiger partial charge >= 0.3 is 0 Å². The van der Waals surface area contributed by atoms with E-state index in [1.165, 1.54) is 12.2 Å². The summed E-state index contributed by atoms with van der Waals surface area (Å²) < 4.78 is 0. The summed E-state index contributed by atoms with van der Waals surface area (Å²) in [4.78, 5) is 46.5. The Bertz CT molecular complexity index is 1860. The zero-order valence-corrected chi connectivity index (χ0v) is 18.8. The van der Waals surface area contributed by atoms with E-state index in [0.29, 0.717) is 11.6 Å². The fourth-order valence-corrected chi connectivity index (χ4v) is 5.00. The van der Waals surface area contributed by atoms with E-state index in [1.54, 1.807) is 0 Å². The number of benzene rings is 4. The summed E-state index contributed by atoms with van der Waals surface area (Å²) in [6.45, 7) is 0. The number of allylic oxidation sites excluding steroid dienone is 2. The lowest BCUT2D eigenvalue weighted by molar-refractivity contribution is -0.134. The fourth-order valence-electron chi connectivity index (χ4n) is 5.00. The highest BCUT2D eigenvalue weighted by Crippen LogP contribution is 2.38. The van der Waals surface area contributed by atoms with E-state index in [1.807, 2.05) is 72.8 Å². The molecule has 4 aromatic carbocycles. The van der Waals surface area contributed by atoms with Gasteiger partial charge in [-0.1, -0.05) is 60.7 Å². The molecule has 2 aliphatic rings. The van der Waals surface area contributed by atoms with Crippen molar-refractivity contribution in [1.82, 2.24) is 9.97 Å². The van der Waals surface area contributed by atoms with Crippen molar-refractivity contribution in [2.75, 3.05) is 10.6 Å². The van der Waals surface area contributed by atoms with Crippen LogP contribution < -0.4 is 10.6 Å². The average molecular weight is 470 g/mol. The van der Waals surface area contributed by atoms with Crippen LogP contribution in [-0.2, 0) is 14.4 Å². The number of H-pyrrole nitrogens is 1. The number of fused-ring (bicyclic) bond motifs is 6. The molecule has 0 radical (unpaired) electrons. The van der Waals surface area contributed by atoms with Gasteiger partial charge in [-0.05, 0) is 35.1 Å². The number of ketones is 3. The molecule has 1 aromatic heterocycles. The van der Waals surface area contributed by atoms with Crippen LogP contribution in [0.25, 0.3) is 38.7 Å². The Morgan fingerprint density at radius 2 is 1.47 bits per heavy atom. The third-order valence-electron chi connectivity index (χ3n) is 6.77. The van der Waals surface area contributed by atoms with Gasteiger partial charge in [-0.25, -0.2) is 4.98 Å². The van der Waals surface area contributed by atoms with Crippen LogP contribution in [0.1, 0.15) is 5.82 Å². The van der Waals surface area contributed by atoms with Gasteiger partial charge in [0.1, 0.15) is 17.6 Å². The molecular formula is C29H18N4O3. The highest BCUT2D eigenvalue weighted by molar-refractivity contribution is 6.61. The number of imidazole rings is 1. The quantitative estimate of drug-likeness (QED) is 0.146. The number of nitrogens with one attached hydrogen (secondary N) is 3. The van der Waals surface area contributed by atoms with Crippen molar-refractivity contribution in [2.24, 2.45) is 5.92 Å². The summed E-state index contributed by atoms with van der Waals surface area (Å²) in [5.41, 5.74) is 3.08. The summed E-state index contributed by atoms with van der Waals surface area (Å²) >= 11 is 0. The van der Waals surface area contributed by atoms with Crippen LogP contribution in [0, 0.1) is 5.92 Å². The molecule has 3 N–H and O–H groups in total. The second-order valence-electron chi connectivity index (χ2n) is 8.94. The van der Waals surface area contributed by atoms with Gasteiger partial charge in [0.25, 0.3) is 0 Å². The second kappa shape index (κ2) is 7.48. The van der Waals surface area contributed by atoms with Crippen molar-refractivity contribution in [3.8, 4) is 0 Å². The number of rotatable bonds is 2. The maximum Gasteiger partial charge on any atom is 0.233 e. The Balaban J connectivity index is 1.23. The number of Topliss-reactive ketones (excluding diaryl/α,β-unsaturated/α-hetero) is 3. The molecule has 7 nitrogen and oxygen atoms in total. The molecule has 5 aromatic rings. The van der Waals surface area contributed by atoms with Crippen molar-refractivity contribution in [1.29, 1.82) is 0 Å². The molecule has 1 fully saturated rings. The normalized spacial score (nSPS) is 19.6. The zero-order chi connectivity index (χ0) is 24.4. The van der Waals surface area contributed by atoms with Gasteiger partial charge < -0.3 is 15.6 Å². The van der Waals surface area contributed by atoms with Gasteiger partial charge in [-0.3, -0.25) is 14.4 Å². The second-order valence-corrected chi connectivity index (χ2v) is 8.94. The molecule has 0 amide bonds. The monoisotopic (exact) mass is 470 g/mol. The van der Waals surface area contributed by atoms with Crippen LogP contribution in [0.4, 0.5) is 11.4 Å². The Morgan fingerprint density at radius 3 is 2.31 bits per heavy atom. The van der Waals surface area contributed by atoms with Gasteiger partial charge in [0.05, 0.1) is 28.0 Å². The summed E-state index contributed by atoms with van der Waals surface area (Å²) in [7, 11) is 0. The highest BCUT2D eigenvalue weighted by Gasteiger charge is 2.44. The summed E-state index contributed by atoms with van der Waals surface area (Å²) in [5, 5.41) is 10.5. The Labute approximate surface area is 204 Å². The summed E-state index contributed by atoms with van der Waals surface area (Å²) in [6, 6.07) is 23.6. The molecule has 1 unspecified atom stereocenters. The predicted octanol–water partition coefficient (Wildman–Crippen LogP) is 4.97. The number of anilines is 2. The first-order valence-corrected chi connectivity index (χ1v) is 11.6. The highest BCUT2D eigenvalue weighted by atomic mass is 16.2. The smallest absolute Gasteiger partial charge is 0.233 e. The number of aromatic nitrogens is 2. The van der Waals surface area contributed by atoms with Gasteiger partial charge in [-0.15, -0.1) is 0 Å². The Hall–Kier alpha value is -5.04. The molecular weight excluding hydrogens is 452 g/mol. The van der Waals surface area contributed by atoms with E-state index in [0.717, 1.165) is 44.0 Å². The minimum absolute atomic E-state index is 0.161. The van der Waals surface area contributed by atoms with Crippen molar-refractivity contribution < 1.29 is 14.4 Å². The SMILES string of the molecule is O=C1C(=O)C(/C=C2/Nc3ccc4ccccc4c3N2)C(=O)/C1=C\c1nc2c(ccc3ccccc32)[nH]1. The molecule has 0 spiro atoms. The van der Waals surface area contributed by atoms with Crippen molar-refractivity contribution >= 4 is 67.4 Å². The average Bonchev–Trinajstić information content (AvgIpc) is 3.57. The molecule has 0 saturated heterocycles. The van der Waals surface area contributed by atoms with E-state index in [4.69, 9.17) is 0 Å². The topological polar surface area (TPSA) is 104 Å². The number of nitrogens with zero attached hydrogens (tertiary/aromatic N) is 1. The number of carbonyl (C=O) groups excluding carboxylic acids is 3. The van der Waals surface area contributed by atoms with Gasteiger partial charge in [-0.2, -0.15) is 0 Å². The van der Waals surface area contributed by atoms with Crippen LogP contribution in [0.15, 0.2) is 90.3 Å². The number of hydrogen-bond donors (Lipinski definition) is 3. The summed E-state index contributed by atoms with van der Waals surface area (Å²) in [6.07, 6.45) is 2.87. The van der Waals surface area contributed by atoms with Crippen LogP contribution in [0.2, 0.25) is 0 Å². The van der Waals surface area contributed by atoms with E-state index >= 15 is 0 Å². The van der Waals surface area contributed by atoms with Crippen molar-refractivity contribution in [3.63, 3.8) is 0 Å². The van der Waals surface area contributed by atoms with E-state index in [-0.39, 0.29) is 5.57 Å². The summed E-state index contributed by atoms with van der Waals surface area (Å²) in [5.74, 6) is -2.41. The third-order valence-corrected chi connectivity index (χ3v) is 6.77. The van der Waals surface area contributed by atoms with E-state index in [2.05, 4.69) is 20.6 Å². The minimum atomic E-state index is -1.19. The lowest BCUT2D eigenvalue weighted by Gasteiger charge is -2.04. The first kappa shape index (κ1) is 20.3. The largest absolute Gasteiger partial charge is 0.340 e. The molecule has 1 saturated carbocycles. The van der Waals surface area contributed by atoms with Crippen LogP contribution in [0.5, 0.6) is 0 Å². The first-order chi connectivity index (χ1) is 17.6. The molecule has 7 rings (SSSR count). The first-order valence-electron chi connectivity index (χ1n) is 11.6. The van der Waals surface area contributed by atoms with Gasteiger partial charge in [0, 0.05) is 10.8 Å². The number of aromatic amines is 1. The molecule has 172 valence electrons. The Morgan fingerprint density at radius 1 is 0.750 bits per heavy atom. The van der Waals surface area contributed by atoms with Gasteiger partial charge in [0.15, 0.2) is 5.78 Å². The predicted molar refractivity (Wildman–Crippen MR) is 139 cm³/mol. The number of carbonyl (C=O) groups is 3. The van der Waals surface area contributed by atoms with E-state index in [9.17, 15) is 14.4 Å². The fraction of sp³-hybridized carbons (Fsp3) is 0.0345. The van der Waals surface area contributed by atoms with Crippen LogP contribution in [-0.4, -0.2) is 27.3 Å². The molecule has 7 heteroatoms. The van der Waals surface area contributed by atoms with Crippen LogP contribution in [0.3, 0.4) is 0 Å². The minimum Gasteiger partial charge on any atom is -0.340 e. The molecule has 2 heterocycles. The Kier molecular flexibility index (Phi) is 4.23. The molecule has 1 aliphatic carbocycles. The molecule has 0 bridgehead atoms. The van der Waals surface area contributed by atoms with Gasteiger partial charge in [0.2, 0.25) is 11.6 Å². The standard InChI is InChI=1S/C29H18N4O3/c34-27-19(13-23-30-21-11-9-15-5-1-3-7-17(15)25(21)32-23)28(35)29(36)20(27)14-24-31-22-12-10-16-6-2-4-8-18(16)26(22)33-24/h1-14,19,30,32H,(H,31,33)/b20-14+,23-13-. The lowest BCUT2D eigenvalue weighted by Crippen LogP contribution is -2.17. The number of hydrogen-bond acceptors (Lipinski definition) is 6. The zero-order valence-electron chi connectivity index (χ0n) is 18.8. The lowest BCUT2D eigenvalue weighted by atomic mass is 10.1. The maximum absolute atomic E-state index is 13.2. The molecule has 1 atom stereocenters. The molecule has 36 heavy (non-hydrogen) atoms. The van der Waals surface area contributed by atoms with Crippen molar-refractivity contribution in [3.05, 3.63) is 96.1 Å². The maximum atomic E-state index is 13.2.